The van der Waals surface area contributed by atoms with Gasteiger partial charge in [0.2, 0.25) is 0 Å². The van der Waals surface area contributed by atoms with Crippen LogP contribution in [0.5, 0.6) is 5.75 Å². The highest BCUT2D eigenvalue weighted by atomic mass is 79.9. The number of nitrogens with zero attached hydrogens (tertiary/aromatic N) is 1. The van der Waals surface area contributed by atoms with Crippen molar-refractivity contribution in [3.63, 3.8) is 0 Å². The van der Waals surface area contributed by atoms with Gasteiger partial charge in [-0.15, -0.1) is 0 Å². The highest BCUT2D eigenvalue weighted by molar-refractivity contribution is 9.10. The van der Waals surface area contributed by atoms with E-state index in [0.29, 0.717) is 6.61 Å². The first kappa shape index (κ1) is 13.5. The molecule has 0 aliphatic heterocycles. The fraction of sp³-hybridized carbons (Fsp3) is 0.500. The van der Waals surface area contributed by atoms with E-state index < -0.39 is 0 Å². The second kappa shape index (κ2) is 7.65. The smallest absolute Gasteiger partial charge is 0.133 e. The van der Waals surface area contributed by atoms with Crippen LogP contribution in [0.1, 0.15) is 0 Å². The zero-order chi connectivity index (χ0) is 11.8. The Hall–Kier alpha value is -0.580. The molecule has 0 amide bonds. The van der Waals surface area contributed by atoms with Gasteiger partial charge in [0.25, 0.3) is 0 Å². The van der Waals surface area contributed by atoms with Gasteiger partial charge in [0.1, 0.15) is 12.4 Å². The first-order chi connectivity index (χ1) is 7.70. The second-order valence-corrected chi connectivity index (χ2v) is 4.69. The molecule has 0 aliphatic rings. The summed E-state index contributed by atoms with van der Waals surface area (Å²) in [5.41, 5.74) is 0. The Bertz CT molecular complexity index is 305. The van der Waals surface area contributed by atoms with Crippen molar-refractivity contribution in [1.29, 1.82) is 0 Å². The van der Waals surface area contributed by atoms with Crippen molar-refractivity contribution < 1.29 is 4.74 Å². The van der Waals surface area contributed by atoms with Gasteiger partial charge in [-0.1, -0.05) is 12.1 Å². The number of nitrogens with one attached hydrogen (secondary N) is 1. The van der Waals surface area contributed by atoms with Crippen molar-refractivity contribution in [2.24, 2.45) is 0 Å². The Morgan fingerprint density at radius 3 is 2.69 bits per heavy atom. The molecule has 0 radical (unpaired) electrons. The van der Waals surface area contributed by atoms with Crippen LogP contribution in [0.25, 0.3) is 0 Å². The molecule has 0 unspecified atom stereocenters. The maximum Gasteiger partial charge on any atom is 0.133 e. The third-order valence-electron chi connectivity index (χ3n) is 2.11. The lowest BCUT2D eigenvalue weighted by atomic mass is 10.3. The first-order valence-electron chi connectivity index (χ1n) is 5.43. The molecule has 1 aromatic rings. The summed E-state index contributed by atoms with van der Waals surface area (Å²) in [6.45, 7) is 3.60. The van der Waals surface area contributed by atoms with Crippen LogP contribution >= 0.6 is 15.9 Å². The SMILES string of the molecule is CN(C)CCNCCOc1ccccc1Br. The largest absolute Gasteiger partial charge is 0.491 e. The highest BCUT2D eigenvalue weighted by Gasteiger charge is 1.98. The van der Waals surface area contributed by atoms with E-state index in [-0.39, 0.29) is 0 Å². The molecule has 1 rings (SSSR count). The molecule has 0 fully saturated rings. The lowest BCUT2D eigenvalue weighted by molar-refractivity contribution is 0.307. The summed E-state index contributed by atoms with van der Waals surface area (Å²) >= 11 is 3.45. The monoisotopic (exact) mass is 286 g/mol. The first-order valence-corrected chi connectivity index (χ1v) is 6.22. The van der Waals surface area contributed by atoms with Crippen LogP contribution in [-0.4, -0.2) is 45.2 Å². The summed E-state index contributed by atoms with van der Waals surface area (Å²) in [4.78, 5) is 2.15. The zero-order valence-electron chi connectivity index (χ0n) is 9.87. The Labute approximate surface area is 106 Å². The summed E-state index contributed by atoms with van der Waals surface area (Å²) < 4.78 is 6.62. The minimum Gasteiger partial charge on any atom is -0.491 e. The topological polar surface area (TPSA) is 24.5 Å². The Kier molecular flexibility index (Phi) is 6.45. The fourth-order valence-corrected chi connectivity index (χ4v) is 1.62. The summed E-state index contributed by atoms with van der Waals surface area (Å²) in [7, 11) is 4.14. The molecule has 1 N–H and O–H groups in total. The van der Waals surface area contributed by atoms with E-state index in [2.05, 4.69) is 40.2 Å². The Morgan fingerprint density at radius 2 is 2.00 bits per heavy atom. The number of para-hydroxylation sites is 1. The number of halogens is 1. The van der Waals surface area contributed by atoms with Gasteiger partial charge in [0.15, 0.2) is 0 Å². The lowest BCUT2D eigenvalue weighted by Gasteiger charge is -2.11. The van der Waals surface area contributed by atoms with Gasteiger partial charge >= 0.3 is 0 Å². The predicted molar refractivity (Wildman–Crippen MR) is 71.1 cm³/mol. The van der Waals surface area contributed by atoms with Crippen molar-refractivity contribution in [2.45, 2.75) is 0 Å². The summed E-state index contributed by atoms with van der Waals surface area (Å²) in [5.74, 6) is 0.900. The Morgan fingerprint density at radius 1 is 1.25 bits per heavy atom. The molecule has 0 heterocycles. The molecule has 90 valence electrons. The normalized spacial score (nSPS) is 10.8. The van der Waals surface area contributed by atoms with Gasteiger partial charge < -0.3 is 15.0 Å². The molecule has 0 saturated heterocycles. The molecule has 0 spiro atoms. The van der Waals surface area contributed by atoms with Crippen molar-refractivity contribution in [3.05, 3.63) is 28.7 Å². The lowest BCUT2D eigenvalue weighted by Crippen LogP contribution is -2.29. The number of hydrogen-bond donors (Lipinski definition) is 1. The Balaban J connectivity index is 2.10. The number of benzene rings is 1. The van der Waals surface area contributed by atoms with Gasteiger partial charge in [0, 0.05) is 19.6 Å². The van der Waals surface area contributed by atoms with Crippen molar-refractivity contribution >= 4 is 15.9 Å². The minimum absolute atomic E-state index is 0.691. The average Bonchev–Trinajstić information content (AvgIpc) is 2.25. The van der Waals surface area contributed by atoms with Gasteiger partial charge in [-0.05, 0) is 42.2 Å². The molecule has 0 bridgehead atoms. The molecule has 0 atom stereocenters. The van der Waals surface area contributed by atoms with Gasteiger partial charge in [-0.2, -0.15) is 0 Å². The van der Waals surface area contributed by atoms with Gasteiger partial charge in [-0.3, -0.25) is 0 Å². The van der Waals surface area contributed by atoms with Crippen LogP contribution in [0, 0.1) is 0 Å². The highest BCUT2D eigenvalue weighted by Crippen LogP contribution is 2.23. The van der Waals surface area contributed by atoms with Crippen LogP contribution in [0.4, 0.5) is 0 Å². The van der Waals surface area contributed by atoms with Crippen LogP contribution in [0.3, 0.4) is 0 Å². The van der Waals surface area contributed by atoms with E-state index in [1.54, 1.807) is 0 Å². The number of hydrogen-bond acceptors (Lipinski definition) is 3. The standard InChI is InChI=1S/C12H19BrN2O/c1-15(2)9-7-14-8-10-16-12-6-4-3-5-11(12)13/h3-6,14H,7-10H2,1-2H3. The quantitative estimate of drug-likeness (QED) is 0.776. The number of ether oxygens (including phenoxy) is 1. The van der Waals surface area contributed by atoms with Gasteiger partial charge in [-0.25, -0.2) is 0 Å². The maximum absolute atomic E-state index is 5.62. The average molecular weight is 287 g/mol. The van der Waals surface area contributed by atoms with Crippen LogP contribution in [0.2, 0.25) is 0 Å². The van der Waals surface area contributed by atoms with E-state index in [1.165, 1.54) is 0 Å². The van der Waals surface area contributed by atoms with E-state index in [4.69, 9.17) is 4.74 Å². The molecule has 0 aliphatic carbocycles. The second-order valence-electron chi connectivity index (χ2n) is 3.83. The summed E-state index contributed by atoms with van der Waals surface area (Å²) in [5, 5.41) is 3.32. The molecule has 1 aromatic carbocycles. The number of likely N-dealkylation sites (N-methyl/N-ethyl adjacent to an activating group) is 1. The van der Waals surface area contributed by atoms with E-state index in [0.717, 1.165) is 29.9 Å². The van der Waals surface area contributed by atoms with Gasteiger partial charge in [0.05, 0.1) is 4.47 Å². The summed E-state index contributed by atoms with van der Waals surface area (Å²) in [6.07, 6.45) is 0. The number of rotatable bonds is 7. The molecule has 16 heavy (non-hydrogen) atoms. The summed E-state index contributed by atoms with van der Waals surface area (Å²) in [6, 6.07) is 7.89. The van der Waals surface area contributed by atoms with Crippen LogP contribution < -0.4 is 10.1 Å². The zero-order valence-corrected chi connectivity index (χ0v) is 11.5. The van der Waals surface area contributed by atoms with Crippen LogP contribution in [0.15, 0.2) is 28.7 Å². The minimum atomic E-state index is 0.691. The maximum atomic E-state index is 5.62. The van der Waals surface area contributed by atoms with Crippen LogP contribution in [-0.2, 0) is 0 Å². The molecular weight excluding hydrogens is 268 g/mol. The van der Waals surface area contributed by atoms with Crippen molar-refractivity contribution in [3.8, 4) is 5.75 Å². The molecule has 4 heteroatoms. The van der Waals surface area contributed by atoms with E-state index in [1.807, 2.05) is 24.3 Å². The van der Waals surface area contributed by atoms with Crippen molar-refractivity contribution in [2.75, 3.05) is 40.3 Å². The molecule has 3 nitrogen and oxygen atoms in total. The third kappa shape index (κ3) is 5.49. The molecule has 0 aromatic heterocycles. The van der Waals surface area contributed by atoms with Crippen molar-refractivity contribution in [1.82, 2.24) is 10.2 Å². The third-order valence-corrected chi connectivity index (χ3v) is 2.76. The predicted octanol–water partition coefficient (Wildman–Crippen LogP) is 1.98. The fourth-order valence-electron chi connectivity index (χ4n) is 1.22. The molecule has 0 saturated carbocycles. The van der Waals surface area contributed by atoms with E-state index >= 15 is 0 Å². The van der Waals surface area contributed by atoms with E-state index in [9.17, 15) is 0 Å². The molecular formula is C12H19BrN2O.